The third-order valence-corrected chi connectivity index (χ3v) is 4.46. The van der Waals surface area contributed by atoms with Crippen LogP contribution in [-0.4, -0.2) is 45.5 Å². The van der Waals surface area contributed by atoms with E-state index in [-0.39, 0.29) is 11.1 Å². The highest BCUT2D eigenvalue weighted by atomic mass is 16.5. The van der Waals surface area contributed by atoms with Gasteiger partial charge in [0.1, 0.15) is 5.92 Å². The number of carbonyl (C=O) groups excluding carboxylic acids is 3. The normalized spacial score (nSPS) is 18.7. The van der Waals surface area contributed by atoms with E-state index in [1.54, 1.807) is 12.1 Å². The number of aliphatic imine (C=N–C) groups is 1. The molecule has 0 aliphatic carbocycles. The third kappa shape index (κ3) is 3.51. The van der Waals surface area contributed by atoms with Gasteiger partial charge in [0.25, 0.3) is 0 Å². The first kappa shape index (κ1) is 19.4. The lowest BCUT2D eigenvalue weighted by Gasteiger charge is -2.28. The highest BCUT2D eigenvalue weighted by Crippen LogP contribution is 2.38. The van der Waals surface area contributed by atoms with E-state index in [4.69, 9.17) is 14.2 Å². The van der Waals surface area contributed by atoms with E-state index in [1.165, 1.54) is 33.7 Å². The molecule has 0 spiro atoms. The molecule has 26 heavy (non-hydrogen) atoms. The van der Waals surface area contributed by atoms with Crippen molar-refractivity contribution in [1.82, 2.24) is 0 Å². The van der Waals surface area contributed by atoms with Gasteiger partial charge in [-0.05, 0) is 36.6 Å². The van der Waals surface area contributed by atoms with Crippen molar-refractivity contribution in [2.24, 2.45) is 10.9 Å². The summed E-state index contributed by atoms with van der Waals surface area (Å²) in [6, 6.07) is 3.46. The van der Waals surface area contributed by atoms with E-state index in [9.17, 15) is 14.4 Å². The quantitative estimate of drug-likeness (QED) is 0.604. The number of esters is 3. The molecule has 2 rings (SSSR count). The van der Waals surface area contributed by atoms with Gasteiger partial charge in [0.05, 0.1) is 32.5 Å². The van der Waals surface area contributed by atoms with E-state index in [1.807, 2.05) is 13.8 Å². The Morgan fingerprint density at radius 2 is 1.54 bits per heavy atom. The molecule has 0 aromatic heterocycles. The van der Waals surface area contributed by atoms with Gasteiger partial charge in [-0.25, -0.2) is 9.59 Å². The molecule has 0 radical (unpaired) electrons. The van der Waals surface area contributed by atoms with Gasteiger partial charge in [-0.1, -0.05) is 6.07 Å². The molecule has 0 bridgehead atoms. The molecule has 2 atom stereocenters. The summed E-state index contributed by atoms with van der Waals surface area (Å²) < 4.78 is 14.6. The number of methoxy groups -OCH3 is 3. The van der Waals surface area contributed by atoms with Crippen LogP contribution in [0, 0.1) is 19.8 Å². The topological polar surface area (TPSA) is 91.3 Å². The number of rotatable bonds is 4. The lowest BCUT2D eigenvalue weighted by Crippen LogP contribution is -2.32. The van der Waals surface area contributed by atoms with E-state index in [0.717, 1.165) is 11.1 Å². The molecule has 138 valence electrons. The fourth-order valence-electron chi connectivity index (χ4n) is 2.95. The van der Waals surface area contributed by atoms with Crippen molar-refractivity contribution in [3.05, 3.63) is 46.2 Å². The van der Waals surface area contributed by atoms with Crippen LogP contribution in [0.3, 0.4) is 0 Å². The first-order chi connectivity index (χ1) is 12.3. The summed E-state index contributed by atoms with van der Waals surface area (Å²) >= 11 is 0. The van der Waals surface area contributed by atoms with E-state index in [2.05, 4.69) is 4.99 Å². The van der Waals surface area contributed by atoms with Crippen molar-refractivity contribution in [1.29, 1.82) is 0 Å². The summed E-state index contributed by atoms with van der Waals surface area (Å²) in [5.74, 6) is -3.40. The number of aryl methyl sites for hydroxylation is 2. The molecule has 2 unspecified atom stereocenters. The van der Waals surface area contributed by atoms with Crippen molar-refractivity contribution < 1.29 is 28.6 Å². The lowest BCUT2D eigenvalue weighted by atomic mass is 9.77. The fourth-order valence-corrected chi connectivity index (χ4v) is 2.95. The molecule has 0 N–H and O–H groups in total. The largest absolute Gasteiger partial charge is 0.468 e. The second-order valence-electron chi connectivity index (χ2n) is 5.92. The van der Waals surface area contributed by atoms with Crippen LogP contribution in [0.5, 0.6) is 0 Å². The zero-order chi connectivity index (χ0) is 19.4. The van der Waals surface area contributed by atoms with Gasteiger partial charge >= 0.3 is 17.9 Å². The number of hydrogen-bond acceptors (Lipinski definition) is 7. The van der Waals surface area contributed by atoms with Crippen molar-refractivity contribution >= 4 is 24.1 Å². The predicted octanol–water partition coefficient (Wildman–Crippen LogP) is 2.10. The third-order valence-electron chi connectivity index (χ3n) is 4.46. The highest BCUT2D eigenvalue weighted by molar-refractivity contribution is 6.01. The smallest absolute Gasteiger partial charge is 0.338 e. The Labute approximate surface area is 151 Å². The Morgan fingerprint density at radius 3 is 2.12 bits per heavy atom. The molecular weight excluding hydrogens is 338 g/mol. The maximum Gasteiger partial charge on any atom is 0.338 e. The average molecular weight is 359 g/mol. The van der Waals surface area contributed by atoms with Crippen LogP contribution >= 0.6 is 0 Å². The number of carbonyl (C=O) groups is 3. The Balaban J connectivity index is 2.73. The minimum atomic E-state index is -0.871. The molecule has 0 amide bonds. The van der Waals surface area contributed by atoms with Crippen molar-refractivity contribution in [3.63, 3.8) is 0 Å². The summed E-state index contributed by atoms with van der Waals surface area (Å²) in [6.07, 6.45) is 2.74. The van der Waals surface area contributed by atoms with Gasteiger partial charge in [0, 0.05) is 18.3 Å². The maximum atomic E-state index is 12.3. The predicted molar refractivity (Wildman–Crippen MR) is 94.1 cm³/mol. The van der Waals surface area contributed by atoms with Crippen LogP contribution < -0.4 is 0 Å². The summed E-state index contributed by atoms with van der Waals surface area (Å²) in [5, 5.41) is 0. The SMILES string of the molecule is COC(=O)C1=CN=CC(C(=O)OC)C1c1cc(C)c(C)cc1C(=O)OC. The molecule has 7 nitrogen and oxygen atoms in total. The molecular formula is C19H21NO6. The van der Waals surface area contributed by atoms with Gasteiger partial charge in [-0.2, -0.15) is 0 Å². The second-order valence-corrected chi connectivity index (χ2v) is 5.92. The summed E-state index contributed by atoms with van der Waals surface area (Å²) in [6.45, 7) is 3.74. The molecule has 1 aliphatic rings. The van der Waals surface area contributed by atoms with Crippen molar-refractivity contribution in [3.8, 4) is 0 Å². The van der Waals surface area contributed by atoms with Crippen LogP contribution in [0.4, 0.5) is 0 Å². The molecule has 0 saturated carbocycles. The summed E-state index contributed by atoms with van der Waals surface area (Å²) in [4.78, 5) is 40.9. The Kier molecular flexibility index (Phi) is 5.92. The van der Waals surface area contributed by atoms with E-state index in [0.29, 0.717) is 5.56 Å². The van der Waals surface area contributed by atoms with Gasteiger partial charge < -0.3 is 14.2 Å². The number of hydrogen-bond donors (Lipinski definition) is 0. The second kappa shape index (κ2) is 7.95. The Morgan fingerprint density at radius 1 is 0.923 bits per heavy atom. The molecule has 0 saturated heterocycles. The van der Waals surface area contributed by atoms with Gasteiger partial charge in [0.2, 0.25) is 0 Å². The van der Waals surface area contributed by atoms with Crippen LogP contribution in [0.1, 0.15) is 33.0 Å². The van der Waals surface area contributed by atoms with Crippen LogP contribution in [-0.2, 0) is 23.8 Å². The fraction of sp³-hybridized carbons (Fsp3) is 0.368. The van der Waals surface area contributed by atoms with Crippen LogP contribution in [0.25, 0.3) is 0 Å². The molecule has 1 aromatic rings. The minimum Gasteiger partial charge on any atom is -0.468 e. The minimum absolute atomic E-state index is 0.166. The number of ether oxygens (including phenoxy) is 3. The molecule has 0 fully saturated rings. The Hall–Kier alpha value is -2.96. The number of benzene rings is 1. The van der Waals surface area contributed by atoms with Crippen LogP contribution in [0.15, 0.2) is 28.9 Å². The first-order valence-electron chi connectivity index (χ1n) is 7.94. The number of nitrogens with zero attached hydrogens (tertiary/aromatic N) is 1. The molecule has 1 aromatic carbocycles. The first-order valence-corrected chi connectivity index (χ1v) is 7.94. The van der Waals surface area contributed by atoms with Crippen molar-refractivity contribution in [2.45, 2.75) is 19.8 Å². The summed E-state index contributed by atoms with van der Waals surface area (Å²) in [7, 11) is 3.77. The van der Waals surface area contributed by atoms with Gasteiger partial charge in [0.15, 0.2) is 0 Å². The monoisotopic (exact) mass is 359 g/mol. The standard InChI is InChI=1S/C19H21NO6/c1-10-6-12(13(7-11(10)2)17(21)24-3)16-14(18(22)25-4)8-20-9-15(16)19(23)26-5/h6-9,14,16H,1-5H3. The van der Waals surface area contributed by atoms with Gasteiger partial charge in [-0.15, -0.1) is 0 Å². The lowest BCUT2D eigenvalue weighted by molar-refractivity contribution is -0.143. The van der Waals surface area contributed by atoms with Crippen LogP contribution in [0.2, 0.25) is 0 Å². The van der Waals surface area contributed by atoms with E-state index < -0.39 is 29.7 Å². The molecule has 1 heterocycles. The zero-order valence-electron chi connectivity index (χ0n) is 15.4. The zero-order valence-corrected chi connectivity index (χ0v) is 15.4. The average Bonchev–Trinajstić information content (AvgIpc) is 2.67. The Bertz CT molecular complexity index is 808. The van der Waals surface area contributed by atoms with Gasteiger partial charge in [-0.3, -0.25) is 9.79 Å². The summed E-state index contributed by atoms with van der Waals surface area (Å²) in [5.41, 5.74) is 2.72. The molecule has 1 aliphatic heterocycles. The molecule has 7 heteroatoms. The van der Waals surface area contributed by atoms with E-state index >= 15 is 0 Å². The maximum absolute atomic E-state index is 12.3. The highest BCUT2D eigenvalue weighted by Gasteiger charge is 2.39. The van der Waals surface area contributed by atoms with Crippen molar-refractivity contribution in [2.75, 3.05) is 21.3 Å².